The summed E-state index contributed by atoms with van der Waals surface area (Å²) in [6.07, 6.45) is 3.84. The number of ether oxygens (including phenoxy) is 3. The van der Waals surface area contributed by atoms with Gasteiger partial charge in [0.05, 0.1) is 41.5 Å². The number of hydrogen-bond acceptors (Lipinski definition) is 10. The van der Waals surface area contributed by atoms with Crippen LogP contribution in [0.1, 0.15) is 38.4 Å². The van der Waals surface area contributed by atoms with Gasteiger partial charge in [-0.15, -0.1) is 0 Å². The zero-order valence-corrected chi connectivity index (χ0v) is 23.8. The molecule has 1 amide bonds. The fraction of sp³-hybridized carbons (Fsp3) is 0.433. The Morgan fingerprint density at radius 3 is 2.66 bits per heavy atom. The zero-order chi connectivity index (χ0) is 29.0. The molecule has 214 valence electrons. The standard InChI is InChI=1S/C30H35N7O4/c1-30(2,3)41-29(38)37-12-10-24(19-37)40-27-8-5-20(13-21(27)14-31)26-9-11-32-28(35-26)34-22-6-7-23(33-15-22)16-36-17-25(18-36)39-4/h5-9,11,13,15,24-25H,10,12,16-19H2,1-4H3,(H,32,34,35). The van der Waals surface area contributed by atoms with E-state index in [-0.39, 0.29) is 12.2 Å². The predicted octanol–water partition coefficient (Wildman–Crippen LogP) is 4.37. The van der Waals surface area contributed by atoms with Crippen LogP contribution in [0.15, 0.2) is 48.8 Å². The second-order valence-electron chi connectivity index (χ2n) is 11.3. The molecule has 1 unspecified atom stereocenters. The molecule has 1 aromatic carbocycles. The summed E-state index contributed by atoms with van der Waals surface area (Å²) in [5.74, 6) is 0.900. The second-order valence-corrected chi connectivity index (χ2v) is 11.3. The summed E-state index contributed by atoms with van der Waals surface area (Å²) in [7, 11) is 1.74. The number of aromatic nitrogens is 3. The molecule has 2 aliphatic heterocycles. The van der Waals surface area contributed by atoms with Crippen molar-refractivity contribution in [2.75, 3.05) is 38.6 Å². The largest absolute Gasteiger partial charge is 0.487 e. The Hall–Kier alpha value is -4.27. The van der Waals surface area contributed by atoms with Gasteiger partial charge in [0.25, 0.3) is 0 Å². The number of rotatable bonds is 8. The fourth-order valence-corrected chi connectivity index (χ4v) is 4.71. The summed E-state index contributed by atoms with van der Waals surface area (Å²) in [4.78, 5) is 29.8. The van der Waals surface area contributed by atoms with Gasteiger partial charge in [0.15, 0.2) is 0 Å². The molecule has 0 radical (unpaired) electrons. The summed E-state index contributed by atoms with van der Waals surface area (Å²) >= 11 is 0. The number of benzene rings is 1. The number of likely N-dealkylation sites (tertiary alicyclic amines) is 2. The van der Waals surface area contributed by atoms with Gasteiger partial charge >= 0.3 is 6.09 Å². The highest BCUT2D eigenvalue weighted by Gasteiger charge is 2.31. The van der Waals surface area contributed by atoms with Crippen molar-refractivity contribution in [3.63, 3.8) is 0 Å². The highest BCUT2D eigenvalue weighted by atomic mass is 16.6. The van der Waals surface area contributed by atoms with Gasteiger partial charge in [-0.05, 0) is 57.2 Å². The molecule has 4 heterocycles. The molecular formula is C30H35N7O4. The third-order valence-electron chi connectivity index (χ3n) is 6.87. The number of amides is 1. The molecule has 0 bridgehead atoms. The van der Waals surface area contributed by atoms with Crippen LogP contribution in [0.4, 0.5) is 16.4 Å². The molecule has 2 saturated heterocycles. The summed E-state index contributed by atoms with van der Waals surface area (Å²) in [6.45, 7) is 9.11. The van der Waals surface area contributed by atoms with Gasteiger partial charge in [-0.25, -0.2) is 14.8 Å². The van der Waals surface area contributed by atoms with Crippen LogP contribution in [0.5, 0.6) is 5.75 Å². The molecule has 2 fully saturated rings. The van der Waals surface area contributed by atoms with E-state index in [4.69, 9.17) is 14.2 Å². The average molecular weight is 558 g/mol. The topological polar surface area (TPSA) is 126 Å². The highest BCUT2D eigenvalue weighted by molar-refractivity contribution is 5.69. The maximum absolute atomic E-state index is 12.4. The molecule has 11 heteroatoms. The minimum Gasteiger partial charge on any atom is -0.487 e. The van der Waals surface area contributed by atoms with Crippen molar-refractivity contribution in [2.45, 2.75) is 51.5 Å². The van der Waals surface area contributed by atoms with Crippen LogP contribution in [0.2, 0.25) is 0 Å². The van der Waals surface area contributed by atoms with Crippen LogP contribution >= 0.6 is 0 Å². The molecule has 0 spiro atoms. The number of hydrogen-bond donors (Lipinski definition) is 1. The molecule has 2 aromatic heterocycles. The molecule has 1 N–H and O–H groups in total. The Labute approximate surface area is 240 Å². The smallest absolute Gasteiger partial charge is 0.410 e. The third-order valence-corrected chi connectivity index (χ3v) is 6.87. The predicted molar refractivity (Wildman–Crippen MR) is 153 cm³/mol. The summed E-state index contributed by atoms with van der Waals surface area (Å²) in [5, 5.41) is 13.0. The Morgan fingerprint density at radius 2 is 1.95 bits per heavy atom. The number of methoxy groups -OCH3 is 1. The minimum atomic E-state index is -0.555. The Balaban J connectivity index is 1.20. The number of carbonyl (C=O) groups is 1. The van der Waals surface area contributed by atoms with Gasteiger partial charge in [-0.1, -0.05) is 0 Å². The van der Waals surface area contributed by atoms with Crippen molar-refractivity contribution in [3.05, 3.63) is 60.0 Å². The normalized spacial score (nSPS) is 17.5. The molecule has 0 aliphatic carbocycles. The lowest BCUT2D eigenvalue weighted by molar-refractivity contribution is -0.0339. The lowest BCUT2D eigenvalue weighted by atomic mass is 10.1. The summed E-state index contributed by atoms with van der Waals surface area (Å²) in [6, 6.07) is 13.3. The fourth-order valence-electron chi connectivity index (χ4n) is 4.71. The maximum Gasteiger partial charge on any atom is 0.410 e. The van der Waals surface area contributed by atoms with E-state index in [1.807, 2.05) is 39.0 Å². The second kappa shape index (κ2) is 12.1. The summed E-state index contributed by atoms with van der Waals surface area (Å²) in [5.41, 5.74) is 3.03. The van der Waals surface area contributed by atoms with Crippen LogP contribution in [-0.2, 0) is 16.0 Å². The van der Waals surface area contributed by atoms with Crippen molar-refractivity contribution in [1.29, 1.82) is 5.26 Å². The molecular weight excluding hydrogens is 522 g/mol. The van der Waals surface area contributed by atoms with Crippen LogP contribution in [0, 0.1) is 11.3 Å². The molecule has 11 nitrogen and oxygen atoms in total. The SMILES string of the molecule is COC1CN(Cc2ccc(Nc3nccc(-c4ccc(OC5CCN(C(=O)OC(C)(C)C)C5)c(C#N)c4)n3)cn2)C1. The monoisotopic (exact) mass is 557 g/mol. The van der Waals surface area contributed by atoms with Gasteiger partial charge in [0, 0.05) is 51.5 Å². The third kappa shape index (κ3) is 7.28. The molecule has 3 aromatic rings. The van der Waals surface area contributed by atoms with Crippen molar-refractivity contribution in [2.24, 2.45) is 0 Å². The number of pyridine rings is 1. The molecule has 1 atom stereocenters. The van der Waals surface area contributed by atoms with Crippen LogP contribution in [0.3, 0.4) is 0 Å². The van der Waals surface area contributed by atoms with Crippen LogP contribution < -0.4 is 10.1 Å². The number of anilines is 2. The molecule has 2 aliphatic rings. The van der Waals surface area contributed by atoms with Gasteiger partial charge in [0.2, 0.25) is 5.95 Å². The Kier molecular flexibility index (Phi) is 8.33. The quantitative estimate of drug-likeness (QED) is 0.427. The zero-order valence-electron chi connectivity index (χ0n) is 23.8. The van der Waals surface area contributed by atoms with Crippen molar-refractivity contribution in [3.8, 4) is 23.1 Å². The number of nitrogens with one attached hydrogen (secondary N) is 1. The first-order valence-corrected chi connectivity index (χ1v) is 13.7. The first kappa shape index (κ1) is 28.3. The Bertz CT molecular complexity index is 1410. The lowest BCUT2D eigenvalue weighted by Gasteiger charge is -2.37. The maximum atomic E-state index is 12.4. The van der Waals surface area contributed by atoms with Gasteiger partial charge in [-0.3, -0.25) is 9.88 Å². The Morgan fingerprint density at radius 1 is 1.12 bits per heavy atom. The van der Waals surface area contributed by atoms with E-state index in [2.05, 4.69) is 31.2 Å². The average Bonchev–Trinajstić information content (AvgIpc) is 3.40. The van der Waals surface area contributed by atoms with Gasteiger partial charge in [-0.2, -0.15) is 5.26 Å². The molecule has 0 saturated carbocycles. The molecule has 41 heavy (non-hydrogen) atoms. The van der Waals surface area contributed by atoms with E-state index >= 15 is 0 Å². The van der Waals surface area contributed by atoms with Gasteiger partial charge in [0.1, 0.15) is 23.5 Å². The van der Waals surface area contributed by atoms with E-state index < -0.39 is 5.60 Å². The number of carbonyl (C=O) groups excluding carboxylic acids is 1. The van der Waals surface area contributed by atoms with E-state index in [0.717, 1.165) is 36.6 Å². The van der Waals surface area contributed by atoms with E-state index in [1.54, 1.807) is 42.6 Å². The van der Waals surface area contributed by atoms with Crippen LogP contribution in [-0.4, -0.2) is 81.9 Å². The van der Waals surface area contributed by atoms with Crippen molar-refractivity contribution < 1.29 is 19.0 Å². The summed E-state index contributed by atoms with van der Waals surface area (Å²) < 4.78 is 16.9. The first-order valence-electron chi connectivity index (χ1n) is 13.7. The van der Waals surface area contributed by atoms with Gasteiger partial charge < -0.3 is 24.4 Å². The molecule has 5 rings (SSSR count). The number of nitriles is 1. The van der Waals surface area contributed by atoms with Crippen LogP contribution in [0.25, 0.3) is 11.3 Å². The minimum absolute atomic E-state index is 0.219. The lowest BCUT2D eigenvalue weighted by Crippen LogP contribution is -2.51. The van der Waals surface area contributed by atoms with Crippen molar-refractivity contribution in [1.82, 2.24) is 24.8 Å². The van der Waals surface area contributed by atoms with E-state index in [0.29, 0.717) is 48.6 Å². The van der Waals surface area contributed by atoms with Crippen molar-refractivity contribution >= 4 is 17.7 Å². The first-order chi connectivity index (χ1) is 19.7. The number of nitrogens with zero attached hydrogens (tertiary/aromatic N) is 6. The highest BCUT2D eigenvalue weighted by Crippen LogP contribution is 2.28. The van der Waals surface area contributed by atoms with E-state index in [9.17, 15) is 10.1 Å². The van der Waals surface area contributed by atoms with E-state index in [1.165, 1.54) is 0 Å².